The van der Waals surface area contributed by atoms with Crippen LogP contribution in [0.5, 0.6) is 0 Å². The average molecular weight is 405 g/mol. The Morgan fingerprint density at radius 1 is 1.28 bits per heavy atom. The lowest BCUT2D eigenvalue weighted by atomic mass is 9.86. The summed E-state index contributed by atoms with van der Waals surface area (Å²) in [6.45, 7) is 6.19. The molecular weight excluding hydrogens is 374 g/mol. The minimum atomic E-state index is -0.807. The van der Waals surface area contributed by atoms with Crippen molar-refractivity contribution >= 4 is 22.7 Å². The van der Waals surface area contributed by atoms with E-state index in [9.17, 15) is 9.59 Å². The van der Waals surface area contributed by atoms with E-state index < -0.39 is 30.1 Å². The minimum Gasteiger partial charge on any atom is -0.371 e. The molecular formula is C20H31N5O4. The average Bonchev–Trinajstić information content (AvgIpc) is 3.04. The molecule has 2 aromatic rings. The number of aliphatic hydroxyl groups excluding tert-OH is 1. The number of unbranched alkanes of at least 4 members (excludes halogenated alkanes) is 1. The highest BCUT2D eigenvalue weighted by atomic mass is 16.6. The van der Waals surface area contributed by atoms with Crippen molar-refractivity contribution in [3.05, 3.63) is 30.0 Å². The normalized spacial score (nSPS) is 12.7. The molecule has 0 aliphatic carbocycles. The molecule has 2 amide bonds. The Kier molecular flexibility index (Phi) is 8.12. The molecule has 29 heavy (non-hydrogen) atoms. The summed E-state index contributed by atoms with van der Waals surface area (Å²) in [5, 5.41) is 19.3. The molecule has 0 saturated carbocycles. The zero-order valence-corrected chi connectivity index (χ0v) is 17.3. The summed E-state index contributed by atoms with van der Waals surface area (Å²) in [7, 11) is 0. The van der Waals surface area contributed by atoms with Crippen LogP contribution in [-0.2, 0) is 16.1 Å². The molecule has 0 saturated heterocycles. The van der Waals surface area contributed by atoms with Crippen LogP contribution in [0.15, 0.2) is 24.3 Å². The second kappa shape index (κ2) is 10.3. The molecule has 160 valence electrons. The molecule has 0 aliphatic rings. The van der Waals surface area contributed by atoms with Crippen LogP contribution in [0.4, 0.5) is 0 Å². The number of aromatic nitrogens is 2. The van der Waals surface area contributed by atoms with Crippen molar-refractivity contribution in [2.75, 3.05) is 20.1 Å². The van der Waals surface area contributed by atoms with Crippen molar-refractivity contribution in [2.24, 2.45) is 11.1 Å². The first kappa shape index (κ1) is 22.8. The van der Waals surface area contributed by atoms with Gasteiger partial charge in [-0.1, -0.05) is 39.0 Å². The third-order valence-electron chi connectivity index (χ3n) is 4.54. The van der Waals surface area contributed by atoms with Gasteiger partial charge in [-0.2, -0.15) is 5.10 Å². The lowest BCUT2D eigenvalue weighted by molar-refractivity contribution is -0.128. The summed E-state index contributed by atoms with van der Waals surface area (Å²) >= 11 is 0. The number of nitrogens with one attached hydrogen (secondary N) is 2. The molecule has 0 aliphatic heterocycles. The molecule has 1 aromatic carbocycles. The van der Waals surface area contributed by atoms with Gasteiger partial charge in [0.15, 0.2) is 5.69 Å². The van der Waals surface area contributed by atoms with Gasteiger partial charge in [-0.15, -0.1) is 0 Å². The Balaban J connectivity index is 2.25. The molecule has 1 unspecified atom stereocenters. The van der Waals surface area contributed by atoms with Gasteiger partial charge in [-0.25, -0.2) is 0 Å². The van der Waals surface area contributed by atoms with Crippen LogP contribution in [0.3, 0.4) is 0 Å². The quantitative estimate of drug-likeness (QED) is 0.344. The topological polar surface area (TPSA) is 132 Å². The number of para-hydroxylation sites is 1. The van der Waals surface area contributed by atoms with Crippen LogP contribution < -0.4 is 16.4 Å². The first-order valence-corrected chi connectivity index (χ1v) is 9.72. The molecule has 0 bridgehead atoms. The maximum atomic E-state index is 13.0. The number of aryl methyl sites for hydroxylation is 1. The van der Waals surface area contributed by atoms with E-state index in [2.05, 4.69) is 15.7 Å². The SMILES string of the molecule is CC(C)(C)C(NC(=O)c1nn(CCCCN)c2ccccc12)C(=O)NCOCO. The van der Waals surface area contributed by atoms with Crippen molar-refractivity contribution in [1.82, 2.24) is 20.4 Å². The number of amides is 2. The fourth-order valence-corrected chi connectivity index (χ4v) is 3.02. The third-order valence-corrected chi connectivity index (χ3v) is 4.54. The van der Waals surface area contributed by atoms with Crippen molar-refractivity contribution in [3.63, 3.8) is 0 Å². The Bertz CT molecular complexity index is 828. The number of hydrogen-bond acceptors (Lipinski definition) is 6. The predicted octanol–water partition coefficient (Wildman–Crippen LogP) is 0.960. The first-order valence-electron chi connectivity index (χ1n) is 9.72. The van der Waals surface area contributed by atoms with Gasteiger partial charge in [0, 0.05) is 11.9 Å². The fraction of sp³-hybridized carbons (Fsp3) is 0.550. The zero-order valence-electron chi connectivity index (χ0n) is 17.3. The van der Waals surface area contributed by atoms with Gasteiger partial charge in [0.1, 0.15) is 19.6 Å². The van der Waals surface area contributed by atoms with E-state index in [0.29, 0.717) is 13.1 Å². The molecule has 0 radical (unpaired) electrons. The van der Waals surface area contributed by atoms with Gasteiger partial charge in [-0.3, -0.25) is 14.3 Å². The molecule has 5 N–H and O–H groups in total. The van der Waals surface area contributed by atoms with Gasteiger partial charge < -0.3 is 26.2 Å². The summed E-state index contributed by atoms with van der Waals surface area (Å²) in [5.74, 6) is -0.817. The van der Waals surface area contributed by atoms with Gasteiger partial charge >= 0.3 is 0 Å². The molecule has 1 atom stereocenters. The van der Waals surface area contributed by atoms with Crippen LogP contribution in [0.25, 0.3) is 10.9 Å². The van der Waals surface area contributed by atoms with Crippen LogP contribution in [-0.4, -0.2) is 52.8 Å². The highest BCUT2D eigenvalue weighted by molar-refractivity contribution is 6.06. The molecule has 2 rings (SSSR count). The Labute approximate surface area is 170 Å². The Morgan fingerprint density at radius 2 is 2.00 bits per heavy atom. The van der Waals surface area contributed by atoms with Gasteiger partial charge in [-0.05, 0) is 30.9 Å². The molecule has 1 aromatic heterocycles. The molecule has 1 heterocycles. The predicted molar refractivity (Wildman–Crippen MR) is 110 cm³/mol. The Morgan fingerprint density at radius 3 is 2.66 bits per heavy atom. The van der Waals surface area contributed by atoms with E-state index in [4.69, 9.17) is 15.6 Å². The minimum absolute atomic E-state index is 0.142. The van der Waals surface area contributed by atoms with Gasteiger partial charge in [0.2, 0.25) is 5.91 Å². The van der Waals surface area contributed by atoms with E-state index in [1.54, 1.807) is 4.68 Å². The highest BCUT2D eigenvalue weighted by Crippen LogP contribution is 2.22. The number of carbonyl (C=O) groups excluding carboxylic acids is 2. The van der Waals surface area contributed by atoms with Crippen LogP contribution in [0, 0.1) is 5.41 Å². The second-order valence-electron chi connectivity index (χ2n) is 7.88. The fourth-order valence-electron chi connectivity index (χ4n) is 3.02. The number of carbonyl (C=O) groups is 2. The van der Waals surface area contributed by atoms with Crippen LogP contribution in [0.1, 0.15) is 44.1 Å². The molecule has 0 spiro atoms. The standard InChI is InChI=1S/C20H31N5O4/c1-20(2,3)17(19(28)22-12-29-13-26)23-18(27)16-14-8-4-5-9-15(14)25(24-16)11-7-6-10-21/h4-5,8-9,17,26H,6-7,10-13,21H2,1-3H3,(H,22,28)(H,23,27). The molecule has 9 nitrogen and oxygen atoms in total. The largest absolute Gasteiger partial charge is 0.371 e. The number of ether oxygens (including phenoxy) is 1. The summed E-state index contributed by atoms with van der Waals surface area (Å²) in [5.41, 5.74) is 6.17. The lowest BCUT2D eigenvalue weighted by Gasteiger charge is -2.30. The van der Waals surface area contributed by atoms with Crippen molar-refractivity contribution in [2.45, 2.75) is 46.2 Å². The van der Waals surface area contributed by atoms with E-state index in [1.165, 1.54) is 0 Å². The number of fused-ring (bicyclic) bond motifs is 1. The summed E-state index contributed by atoms with van der Waals surface area (Å²) in [4.78, 5) is 25.6. The van der Waals surface area contributed by atoms with Crippen molar-refractivity contribution < 1.29 is 19.4 Å². The first-order chi connectivity index (χ1) is 13.8. The number of aliphatic hydroxyl groups is 1. The van der Waals surface area contributed by atoms with Crippen LogP contribution >= 0.6 is 0 Å². The van der Waals surface area contributed by atoms with E-state index in [0.717, 1.165) is 23.7 Å². The smallest absolute Gasteiger partial charge is 0.273 e. The number of nitrogens with two attached hydrogens (primary N) is 1. The highest BCUT2D eigenvalue weighted by Gasteiger charge is 2.34. The third kappa shape index (κ3) is 5.99. The van der Waals surface area contributed by atoms with Gasteiger partial charge in [0.05, 0.1) is 5.52 Å². The van der Waals surface area contributed by atoms with Crippen molar-refractivity contribution in [3.8, 4) is 0 Å². The number of rotatable bonds is 10. The van der Waals surface area contributed by atoms with Gasteiger partial charge in [0.25, 0.3) is 5.91 Å². The summed E-state index contributed by atoms with van der Waals surface area (Å²) < 4.78 is 6.56. The lowest BCUT2D eigenvalue weighted by Crippen LogP contribution is -2.54. The molecule has 0 fully saturated rings. The number of nitrogens with zero attached hydrogens (tertiary/aromatic N) is 2. The number of hydrogen-bond donors (Lipinski definition) is 4. The second-order valence-corrected chi connectivity index (χ2v) is 7.88. The summed E-state index contributed by atoms with van der Waals surface area (Å²) in [6.07, 6.45) is 1.74. The Hall–Kier alpha value is -2.49. The summed E-state index contributed by atoms with van der Waals surface area (Å²) in [6, 6.07) is 6.71. The maximum absolute atomic E-state index is 13.0. The number of benzene rings is 1. The zero-order chi connectivity index (χ0) is 21.4. The van der Waals surface area contributed by atoms with Crippen molar-refractivity contribution in [1.29, 1.82) is 0 Å². The maximum Gasteiger partial charge on any atom is 0.273 e. The van der Waals surface area contributed by atoms with E-state index in [-0.39, 0.29) is 12.4 Å². The van der Waals surface area contributed by atoms with E-state index in [1.807, 2.05) is 45.0 Å². The van der Waals surface area contributed by atoms with E-state index >= 15 is 0 Å². The monoisotopic (exact) mass is 405 g/mol. The van der Waals surface area contributed by atoms with Crippen LogP contribution in [0.2, 0.25) is 0 Å². The molecule has 9 heteroatoms.